The highest BCUT2D eigenvalue weighted by molar-refractivity contribution is 5.67. The van der Waals surface area contributed by atoms with Gasteiger partial charge in [-0.25, -0.2) is 9.78 Å². The smallest absolute Gasteiger partial charge is 0.433 e. The first-order valence-corrected chi connectivity index (χ1v) is 8.15. The number of halogens is 3. The number of H-pyrrole nitrogens is 1. The van der Waals surface area contributed by atoms with E-state index in [0.29, 0.717) is 6.33 Å². The summed E-state index contributed by atoms with van der Waals surface area (Å²) >= 11 is 0. The number of nitrogens with one attached hydrogen (secondary N) is 2. The summed E-state index contributed by atoms with van der Waals surface area (Å²) in [6.07, 6.45) is -9.45. The van der Waals surface area contributed by atoms with Gasteiger partial charge in [-0.3, -0.25) is 4.79 Å². The number of carbonyl (C=O) groups excluding carboxylic acids is 1. The van der Waals surface area contributed by atoms with Crippen LogP contribution in [0.2, 0.25) is 0 Å². The second kappa shape index (κ2) is 9.33. The monoisotopic (exact) mass is 401 g/mol. The van der Waals surface area contributed by atoms with Crippen LogP contribution in [0.4, 0.5) is 18.0 Å². The van der Waals surface area contributed by atoms with Gasteiger partial charge < -0.3 is 25.3 Å². The fourth-order valence-electron chi connectivity index (χ4n) is 2.36. The molecule has 0 aliphatic rings. The first-order valence-electron chi connectivity index (χ1n) is 8.15. The van der Waals surface area contributed by atoms with Crippen LogP contribution in [-0.4, -0.2) is 38.9 Å². The van der Waals surface area contributed by atoms with E-state index in [1.807, 2.05) is 4.98 Å². The van der Waals surface area contributed by atoms with Gasteiger partial charge in [0.05, 0.1) is 18.0 Å². The lowest BCUT2D eigenvalue weighted by Gasteiger charge is -2.20. The summed E-state index contributed by atoms with van der Waals surface area (Å²) in [7, 11) is 0. The fourth-order valence-corrected chi connectivity index (χ4v) is 2.36. The molecule has 0 spiro atoms. The molecule has 1 aromatic heterocycles. The maximum Gasteiger partial charge on any atom is 0.433 e. The third-order valence-electron chi connectivity index (χ3n) is 3.74. The molecular formula is C17H18F3N3O5. The van der Waals surface area contributed by atoms with Crippen molar-refractivity contribution >= 4 is 6.09 Å². The molecule has 152 valence electrons. The summed E-state index contributed by atoms with van der Waals surface area (Å²) in [6, 6.07) is 8.83. The lowest BCUT2D eigenvalue weighted by atomic mass is 10.0. The Kier molecular flexibility index (Phi) is 7.12. The number of hydrogen-bond acceptors (Lipinski definition) is 6. The van der Waals surface area contributed by atoms with Gasteiger partial charge in [0.25, 0.3) is 5.56 Å². The number of benzene rings is 1. The molecule has 1 heterocycles. The van der Waals surface area contributed by atoms with Crippen molar-refractivity contribution in [1.82, 2.24) is 15.3 Å². The normalized spacial score (nSPS) is 13.6. The van der Waals surface area contributed by atoms with Crippen LogP contribution < -0.4 is 10.9 Å². The van der Waals surface area contributed by atoms with E-state index >= 15 is 0 Å². The minimum Gasteiger partial charge on any atom is -0.445 e. The lowest BCUT2D eigenvalue weighted by Crippen LogP contribution is -2.33. The van der Waals surface area contributed by atoms with Crippen LogP contribution in [0.1, 0.15) is 29.3 Å². The van der Waals surface area contributed by atoms with Crippen LogP contribution >= 0.6 is 0 Å². The Hall–Kier alpha value is -2.92. The maximum absolute atomic E-state index is 13.0. The molecule has 8 nitrogen and oxygen atoms in total. The Labute approximate surface area is 157 Å². The predicted octanol–water partition coefficient (Wildman–Crippen LogP) is 1.50. The number of nitrogens with zero attached hydrogens (tertiary/aromatic N) is 1. The molecule has 0 bridgehead atoms. The van der Waals surface area contributed by atoms with E-state index in [2.05, 4.69) is 10.3 Å². The number of aromatic nitrogens is 2. The first kappa shape index (κ1) is 21.4. The zero-order chi connectivity index (χ0) is 20.7. The number of aromatic amines is 1. The van der Waals surface area contributed by atoms with E-state index in [9.17, 15) is 33.0 Å². The van der Waals surface area contributed by atoms with Crippen LogP contribution in [0.15, 0.2) is 41.5 Å². The second-order valence-corrected chi connectivity index (χ2v) is 5.78. The van der Waals surface area contributed by atoms with E-state index in [1.54, 1.807) is 30.3 Å². The summed E-state index contributed by atoms with van der Waals surface area (Å²) in [5.74, 6) is 0. The molecule has 1 amide bonds. The average Bonchev–Trinajstić information content (AvgIpc) is 2.65. The summed E-state index contributed by atoms with van der Waals surface area (Å²) < 4.78 is 43.8. The average molecular weight is 401 g/mol. The number of aliphatic hydroxyl groups excluding tert-OH is 2. The van der Waals surface area contributed by atoms with E-state index in [-0.39, 0.29) is 19.6 Å². The molecule has 0 aliphatic heterocycles. The van der Waals surface area contributed by atoms with Crippen LogP contribution in [0, 0.1) is 0 Å². The van der Waals surface area contributed by atoms with E-state index in [4.69, 9.17) is 4.74 Å². The number of hydrogen-bond donors (Lipinski definition) is 4. The molecule has 0 aliphatic carbocycles. The van der Waals surface area contributed by atoms with Gasteiger partial charge in [-0.1, -0.05) is 30.3 Å². The van der Waals surface area contributed by atoms with Crippen molar-refractivity contribution < 1.29 is 32.9 Å². The SMILES string of the molecule is O=C(NCCC(O)C(O)c1c(C(F)(F)F)nc[nH]c1=O)OCc1ccccc1. The highest BCUT2D eigenvalue weighted by Crippen LogP contribution is 2.32. The molecule has 0 fully saturated rings. The Morgan fingerprint density at radius 2 is 1.93 bits per heavy atom. The Balaban J connectivity index is 1.89. The maximum atomic E-state index is 13.0. The summed E-state index contributed by atoms with van der Waals surface area (Å²) in [4.78, 5) is 28.2. The molecule has 2 atom stereocenters. The van der Waals surface area contributed by atoms with E-state index in [1.165, 1.54) is 0 Å². The van der Waals surface area contributed by atoms with Crippen LogP contribution in [0.25, 0.3) is 0 Å². The summed E-state index contributed by atoms with van der Waals surface area (Å²) in [5.41, 5.74) is -3.14. The highest BCUT2D eigenvalue weighted by Gasteiger charge is 2.40. The molecule has 0 saturated carbocycles. The van der Waals surface area contributed by atoms with Gasteiger partial charge in [0.2, 0.25) is 0 Å². The minimum absolute atomic E-state index is 0.0118. The molecule has 4 N–H and O–H groups in total. The summed E-state index contributed by atoms with van der Waals surface area (Å²) in [5, 5.41) is 22.2. The zero-order valence-corrected chi connectivity index (χ0v) is 14.4. The molecule has 2 unspecified atom stereocenters. The molecule has 2 rings (SSSR count). The van der Waals surface area contributed by atoms with Gasteiger partial charge in [0, 0.05) is 6.54 Å². The molecular weight excluding hydrogens is 383 g/mol. The van der Waals surface area contributed by atoms with Crippen molar-refractivity contribution in [2.45, 2.75) is 31.4 Å². The first-order chi connectivity index (χ1) is 13.2. The van der Waals surface area contributed by atoms with Gasteiger partial charge in [0.1, 0.15) is 12.7 Å². The van der Waals surface area contributed by atoms with Crippen molar-refractivity contribution in [1.29, 1.82) is 0 Å². The topological polar surface area (TPSA) is 125 Å². The number of rotatable bonds is 7. The molecule has 1 aromatic carbocycles. The third kappa shape index (κ3) is 5.79. The number of alkyl carbamates (subject to hydrolysis) is 1. The highest BCUT2D eigenvalue weighted by atomic mass is 19.4. The van der Waals surface area contributed by atoms with E-state index < -0.39 is 41.3 Å². The van der Waals surface area contributed by atoms with Crippen molar-refractivity contribution in [3.05, 3.63) is 63.8 Å². The third-order valence-corrected chi connectivity index (χ3v) is 3.74. The number of carbonyl (C=O) groups is 1. The van der Waals surface area contributed by atoms with Gasteiger partial charge in [-0.05, 0) is 12.0 Å². The fraction of sp³-hybridized carbons (Fsp3) is 0.353. The predicted molar refractivity (Wildman–Crippen MR) is 90.1 cm³/mol. The van der Waals surface area contributed by atoms with Gasteiger partial charge in [-0.15, -0.1) is 0 Å². The molecule has 0 saturated heterocycles. The molecule has 28 heavy (non-hydrogen) atoms. The van der Waals surface area contributed by atoms with Gasteiger partial charge in [0.15, 0.2) is 5.69 Å². The quantitative estimate of drug-likeness (QED) is 0.557. The van der Waals surface area contributed by atoms with Crippen molar-refractivity contribution in [2.24, 2.45) is 0 Å². The zero-order valence-electron chi connectivity index (χ0n) is 14.4. The Morgan fingerprint density at radius 1 is 1.25 bits per heavy atom. The standard InChI is InChI=1S/C17H18F3N3O5/c18-17(19,20)14-12(15(26)23-9-22-14)13(25)11(24)6-7-21-16(27)28-8-10-4-2-1-3-5-10/h1-5,9,11,13,24-25H,6-8H2,(H,21,27)(H,22,23,26). The second-order valence-electron chi connectivity index (χ2n) is 5.78. The molecule has 0 radical (unpaired) electrons. The summed E-state index contributed by atoms with van der Waals surface area (Å²) in [6.45, 7) is -0.191. The Bertz CT molecular complexity index is 842. The number of ether oxygens (including phenoxy) is 1. The van der Waals surface area contributed by atoms with Crippen LogP contribution in [-0.2, 0) is 17.5 Å². The van der Waals surface area contributed by atoms with Crippen LogP contribution in [0.3, 0.4) is 0 Å². The molecule has 11 heteroatoms. The van der Waals surface area contributed by atoms with Crippen molar-refractivity contribution in [3.8, 4) is 0 Å². The van der Waals surface area contributed by atoms with Crippen LogP contribution in [0.5, 0.6) is 0 Å². The Morgan fingerprint density at radius 3 is 2.57 bits per heavy atom. The van der Waals surface area contributed by atoms with Crippen molar-refractivity contribution in [3.63, 3.8) is 0 Å². The van der Waals surface area contributed by atoms with Gasteiger partial charge >= 0.3 is 12.3 Å². The van der Waals surface area contributed by atoms with Gasteiger partial charge in [-0.2, -0.15) is 13.2 Å². The number of alkyl halides is 3. The van der Waals surface area contributed by atoms with Crippen molar-refractivity contribution in [2.75, 3.05) is 6.54 Å². The minimum atomic E-state index is -4.98. The largest absolute Gasteiger partial charge is 0.445 e. The molecule has 2 aromatic rings. The number of amides is 1. The van der Waals surface area contributed by atoms with E-state index in [0.717, 1.165) is 5.56 Å². The lowest BCUT2D eigenvalue weighted by molar-refractivity contribution is -0.143. The number of aliphatic hydroxyl groups is 2.